The van der Waals surface area contributed by atoms with Crippen LogP contribution in [0.1, 0.15) is 42.7 Å². The van der Waals surface area contributed by atoms with Gasteiger partial charge < -0.3 is 9.80 Å². The zero-order valence-corrected chi connectivity index (χ0v) is 15.3. The highest BCUT2D eigenvalue weighted by Gasteiger charge is 2.34. The predicted octanol–water partition coefficient (Wildman–Crippen LogP) is 3.22. The Hall–Kier alpha value is -1.49. The Morgan fingerprint density at radius 2 is 2.00 bits per heavy atom. The third kappa shape index (κ3) is 3.61. The number of thioether (sulfide) groups is 1. The number of carbonyl (C=O) groups is 2. The number of benzene rings is 1. The fourth-order valence-corrected chi connectivity index (χ4v) is 4.49. The molecule has 1 saturated heterocycles. The summed E-state index contributed by atoms with van der Waals surface area (Å²) in [5.74, 6) is 1.20. The van der Waals surface area contributed by atoms with E-state index in [-0.39, 0.29) is 23.1 Å². The molecule has 0 aromatic heterocycles. The van der Waals surface area contributed by atoms with Crippen molar-refractivity contribution in [2.24, 2.45) is 5.92 Å². The van der Waals surface area contributed by atoms with E-state index >= 15 is 0 Å². The molecule has 5 heteroatoms. The van der Waals surface area contributed by atoms with Gasteiger partial charge in [0.2, 0.25) is 11.8 Å². The van der Waals surface area contributed by atoms with Gasteiger partial charge in [-0.2, -0.15) is 0 Å². The molecule has 0 unspecified atom stereocenters. The van der Waals surface area contributed by atoms with Crippen LogP contribution >= 0.6 is 11.8 Å². The molecule has 130 valence electrons. The van der Waals surface area contributed by atoms with Gasteiger partial charge in [-0.3, -0.25) is 9.59 Å². The maximum absolute atomic E-state index is 12.4. The standard InChI is InChI=1S/C19H26N2O2S/c1-3-20(18(23)15-5-4-6-15)11-12-21-17(22)13-24-19(21)16-9-7-14(2)8-10-16/h7-10,15,19H,3-6,11-13H2,1-2H3/t19-/m1/s1. The molecule has 1 aliphatic carbocycles. The average molecular weight is 346 g/mol. The molecule has 2 fully saturated rings. The lowest BCUT2D eigenvalue weighted by Crippen LogP contribution is -2.43. The number of likely N-dealkylation sites (N-methyl/N-ethyl adjacent to an activating group) is 1. The lowest BCUT2D eigenvalue weighted by Gasteiger charge is -2.33. The molecule has 1 heterocycles. The summed E-state index contributed by atoms with van der Waals surface area (Å²) < 4.78 is 0. The monoisotopic (exact) mass is 346 g/mol. The topological polar surface area (TPSA) is 40.6 Å². The van der Waals surface area contributed by atoms with Gasteiger partial charge in [-0.25, -0.2) is 0 Å². The van der Waals surface area contributed by atoms with Crippen LogP contribution in [-0.4, -0.2) is 47.0 Å². The number of nitrogens with zero attached hydrogens (tertiary/aromatic N) is 2. The minimum atomic E-state index is 0.0793. The summed E-state index contributed by atoms with van der Waals surface area (Å²) >= 11 is 1.68. The van der Waals surface area contributed by atoms with Gasteiger partial charge >= 0.3 is 0 Å². The van der Waals surface area contributed by atoms with E-state index in [1.54, 1.807) is 11.8 Å². The van der Waals surface area contributed by atoms with Crippen molar-refractivity contribution < 1.29 is 9.59 Å². The molecule has 3 rings (SSSR count). The molecule has 1 aliphatic heterocycles. The Balaban J connectivity index is 1.63. The Morgan fingerprint density at radius 1 is 1.29 bits per heavy atom. The van der Waals surface area contributed by atoms with Gasteiger partial charge in [0.05, 0.1) is 5.75 Å². The maximum atomic E-state index is 12.4. The fraction of sp³-hybridized carbons (Fsp3) is 0.579. The van der Waals surface area contributed by atoms with E-state index in [1.165, 1.54) is 17.5 Å². The molecule has 2 aliphatic rings. The lowest BCUT2D eigenvalue weighted by atomic mass is 9.84. The summed E-state index contributed by atoms with van der Waals surface area (Å²) in [5, 5.41) is 0.0793. The van der Waals surface area contributed by atoms with Crippen molar-refractivity contribution in [2.45, 2.75) is 38.5 Å². The molecule has 0 spiro atoms. The van der Waals surface area contributed by atoms with E-state index in [0.29, 0.717) is 18.8 Å². The van der Waals surface area contributed by atoms with E-state index in [9.17, 15) is 9.59 Å². The number of hydrogen-bond donors (Lipinski definition) is 0. The summed E-state index contributed by atoms with van der Waals surface area (Å²) in [6.07, 6.45) is 3.23. The van der Waals surface area contributed by atoms with Gasteiger partial charge in [-0.1, -0.05) is 36.2 Å². The minimum absolute atomic E-state index is 0.0793. The highest BCUT2D eigenvalue weighted by Crippen LogP contribution is 2.38. The van der Waals surface area contributed by atoms with Crippen molar-refractivity contribution in [3.05, 3.63) is 35.4 Å². The molecule has 2 amide bonds. The zero-order chi connectivity index (χ0) is 17.1. The first-order valence-corrected chi connectivity index (χ1v) is 9.91. The van der Waals surface area contributed by atoms with Crippen LogP contribution in [0, 0.1) is 12.8 Å². The number of aryl methyl sites for hydroxylation is 1. The van der Waals surface area contributed by atoms with E-state index in [1.807, 2.05) is 16.7 Å². The molecule has 0 N–H and O–H groups in total. The number of carbonyl (C=O) groups excluding carboxylic acids is 2. The third-order valence-corrected chi connectivity index (χ3v) is 6.35. The van der Waals surface area contributed by atoms with E-state index in [0.717, 1.165) is 19.4 Å². The molecule has 0 radical (unpaired) electrons. The van der Waals surface area contributed by atoms with Crippen LogP contribution < -0.4 is 0 Å². The second-order valence-electron chi connectivity index (χ2n) is 6.71. The van der Waals surface area contributed by atoms with Gasteiger partial charge in [0.25, 0.3) is 0 Å². The van der Waals surface area contributed by atoms with Crippen LogP contribution in [0.15, 0.2) is 24.3 Å². The third-order valence-electron chi connectivity index (χ3n) is 5.09. The van der Waals surface area contributed by atoms with Gasteiger partial charge in [-0.15, -0.1) is 11.8 Å². The van der Waals surface area contributed by atoms with E-state index < -0.39 is 0 Å². The van der Waals surface area contributed by atoms with E-state index in [4.69, 9.17) is 0 Å². The summed E-state index contributed by atoms with van der Waals surface area (Å²) in [6, 6.07) is 8.40. The van der Waals surface area contributed by atoms with Gasteiger partial charge in [0, 0.05) is 25.6 Å². The SMILES string of the molecule is CCN(CCN1C(=O)CS[C@@H]1c1ccc(C)cc1)C(=O)C1CCC1. The number of hydrogen-bond acceptors (Lipinski definition) is 3. The zero-order valence-electron chi connectivity index (χ0n) is 14.5. The molecule has 1 aromatic carbocycles. The first-order chi connectivity index (χ1) is 11.6. The molecule has 1 aromatic rings. The fourth-order valence-electron chi connectivity index (χ4n) is 3.27. The average Bonchev–Trinajstić information content (AvgIpc) is 2.88. The van der Waals surface area contributed by atoms with Gasteiger partial charge in [0.15, 0.2) is 0 Å². The van der Waals surface area contributed by atoms with Crippen LogP contribution in [0.25, 0.3) is 0 Å². The van der Waals surface area contributed by atoms with Crippen molar-refractivity contribution in [3.8, 4) is 0 Å². The molecule has 1 saturated carbocycles. The summed E-state index contributed by atoms with van der Waals surface area (Å²) in [4.78, 5) is 28.6. The Labute approximate surface area is 148 Å². The first-order valence-electron chi connectivity index (χ1n) is 8.86. The molecule has 0 bridgehead atoms. The lowest BCUT2D eigenvalue weighted by molar-refractivity contribution is -0.139. The first kappa shape index (κ1) is 17.3. The molecule has 24 heavy (non-hydrogen) atoms. The quantitative estimate of drug-likeness (QED) is 0.794. The van der Waals surface area contributed by atoms with Crippen LogP contribution in [0.3, 0.4) is 0 Å². The second kappa shape index (κ2) is 7.60. The predicted molar refractivity (Wildman–Crippen MR) is 97.7 cm³/mol. The maximum Gasteiger partial charge on any atom is 0.233 e. The van der Waals surface area contributed by atoms with Gasteiger partial charge in [-0.05, 0) is 32.3 Å². The Kier molecular flexibility index (Phi) is 5.49. The van der Waals surface area contributed by atoms with Crippen LogP contribution in [-0.2, 0) is 9.59 Å². The van der Waals surface area contributed by atoms with Crippen LogP contribution in [0.2, 0.25) is 0 Å². The Morgan fingerprint density at radius 3 is 2.58 bits per heavy atom. The summed E-state index contributed by atoms with van der Waals surface area (Å²) in [5.41, 5.74) is 2.40. The van der Waals surface area contributed by atoms with Gasteiger partial charge in [0.1, 0.15) is 5.37 Å². The van der Waals surface area contributed by atoms with Crippen LogP contribution in [0.5, 0.6) is 0 Å². The molecule has 4 nitrogen and oxygen atoms in total. The van der Waals surface area contributed by atoms with Crippen LogP contribution in [0.4, 0.5) is 0 Å². The van der Waals surface area contributed by atoms with Crippen molar-refractivity contribution >= 4 is 23.6 Å². The number of rotatable bonds is 6. The molecular weight excluding hydrogens is 320 g/mol. The van der Waals surface area contributed by atoms with Crippen molar-refractivity contribution in [1.82, 2.24) is 9.80 Å². The largest absolute Gasteiger partial charge is 0.341 e. The minimum Gasteiger partial charge on any atom is -0.341 e. The van der Waals surface area contributed by atoms with Crippen molar-refractivity contribution in [2.75, 3.05) is 25.4 Å². The normalized spacial score (nSPS) is 21.0. The smallest absolute Gasteiger partial charge is 0.233 e. The molecular formula is C19H26N2O2S. The summed E-state index contributed by atoms with van der Waals surface area (Å²) in [6.45, 7) is 6.07. The summed E-state index contributed by atoms with van der Waals surface area (Å²) in [7, 11) is 0. The highest BCUT2D eigenvalue weighted by atomic mass is 32.2. The molecule has 1 atom stereocenters. The van der Waals surface area contributed by atoms with Crippen molar-refractivity contribution in [3.63, 3.8) is 0 Å². The second-order valence-corrected chi connectivity index (χ2v) is 7.78. The Bertz CT molecular complexity index is 598. The van der Waals surface area contributed by atoms with E-state index in [2.05, 4.69) is 31.2 Å². The number of amides is 2. The highest BCUT2D eigenvalue weighted by molar-refractivity contribution is 8.00. The van der Waals surface area contributed by atoms with Crippen molar-refractivity contribution in [1.29, 1.82) is 0 Å².